The van der Waals surface area contributed by atoms with E-state index in [9.17, 15) is 12.8 Å². The Kier molecular flexibility index (Phi) is 6.45. The fraction of sp³-hybridized carbons (Fsp3) is 0.600. The van der Waals surface area contributed by atoms with Crippen molar-refractivity contribution in [2.45, 2.75) is 37.4 Å². The van der Waals surface area contributed by atoms with Crippen molar-refractivity contribution in [3.8, 4) is 0 Å². The molecular formula is C15H21Br2FO2S. The summed E-state index contributed by atoms with van der Waals surface area (Å²) in [6.45, 7) is 5.07. The van der Waals surface area contributed by atoms with Crippen molar-refractivity contribution in [2.24, 2.45) is 0 Å². The number of halogens is 3. The Hall–Kier alpha value is 0.0600. The van der Waals surface area contributed by atoms with Crippen LogP contribution >= 0.6 is 31.9 Å². The lowest BCUT2D eigenvalue weighted by atomic mass is 9.82. The van der Waals surface area contributed by atoms with Crippen LogP contribution in [0, 0.1) is 5.82 Å². The van der Waals surface area contributed by atoms with E-state index in [1.54, 1.807) is 39.0 Å². The Morgan fingerprint density at radius 1 is 1.10 bits per heavy atom. The van der Waals surface area contributed by atoms with Crippen molar-refractivity contribution >= 4 is 41.7 Å². The molecule has 0 radical (unpaired) electrons. The van der Waals surface area contributed by atoms with Gasteiger partial charge in [-0.1, -0.05) is 50.1 Å². The van der Waals surface area contributed by atoms with Crippen LogP contribution in [0.1, 0.15) is 32.8 Å². The van der Waals surface area contributed by atoms with Crippen molar-refractivity contribution in [3.63, 3.8) is 0 Å². The predicted molar refractivity (Wildman–Crippen MR) is 93.8 cm³/mol. The third-order valence-electron chi connectivity index (χ3n) is 3.74. The summed E-state index contributed by atoms with van der Waals surface area (Å²) in [6, 6.07) is 6.55. The number of rotatable bonds is 6. The van der Waals surface area contributed by atoms with E-state index in [0.717, 1.165) is 0 Å². The third-order valence-corrected chi connectivity index (χ3v) is 8.49. The van der Waals surface area contributed by atoms with Gasteiger partial charge in [-0.3, -0.25) is 0 Å². The van der Waals surface area contributed by atoms with E-state index < -0.39 is 20.0 Å². The van der Waals surface area contributed by atoms with E-state index in [0.29, 0.717) is 22.6 Å². The number of benzene rings is 1. The molecule has 0 saturated heterocycles. The van der Waals surface area contributed by atoms with Gasteiger partial charge in [0, 0.05) is 16.1 Å². The van der Waals surface area contributed by atoms with Crippen molar-refractivity contribution in [3.05, 3.63) is 35.6 Å². The first-order valence-electron chi connectivity index (χ1n) is 6.69. The van der Waals surface area contributed by atoms with Gasteiger partial charge in [0.25, 0.3) is 0 Å². The maximum Gasteiger partial charge on any atom is 0.155 e. The molecule has 0 N–H and O–H groups in total. The van der Waals surface area contributed by atoms with Gasteiger partial charge >= 0.3 is 0 Å². The van der Waals surface area contributed by atoms with Gasteiger partial charge in [-0.15, -0.1) is 0 Å². The van der Waals surface area contributed by atoms with Crippen LogP contribution in [0.3, 0.4) is 0 Å². The number of hydrogen-bond donors (Lipinski definition) is 0. The monoisotopic (exact) mass is 442 g/mol. The molecule has 0 saturated carbocycles. The van der Waals surface area contributed by atoms with Crippen LogP contribution in [0.4, 0.5) is 4.39 Å². The SMILES string of the molecule is CC(C)(C)S(=O)(=O)CCC(CBr)(CBr)c1ccccc1F. The zero-order valence-electron chi connectivity index (χ0n) is 12.5. The van der Waals surface area contributed by atoms with Crippen LogP contribution in [-0.4, -0.2) is 29.6 Å². The molecule has 0 aliphatic carbocycles. The van der Waals surface area contributed by atoms with Crippen molar-refractivity contribution in [2.75, 3.05) is 16.4 Å². The maximum atomic E-state index is 14.1. The van der Waals surface area contributed by atoms with Crippen molar-refractivity contribution in [1.29, 1.82) is 0 Å². The van der Waals surface area contributed by atoms with Gasteiger partial charge in [0.15, 0.2) is 9.84 Å². The molecule has 120 valence electrons. The molecule has 1 aromatic rings. The zero-order valence-corrected chi connectivity index (χ0v) is 16.5. The molecule has 2 nitrogen and oxygen atoms in total. The van der Waals surface area contributed by atoms with E-state index in [-0.39, 0.29) is 11.6 Å². The minimum atomic E-state index is -3.24. The minimum Gasteiger partial charge on any atom is -0.228 e. The van der Waals surface area contributed by atoms with E-state index in [4.69, 9.17) is 0 Å². The van der Waals surface area contributed by atoms with Crippen LogP contribution in [0.5, 0.6) is 0 Å². The molecule has 1 rings (SSSR count). The first-order valence-corrected chi connectivity index (χ1v) is 10.6. The number of sulfone groups is 1. The van der Waals surface area contributed by atoms with Crippen molar-refractivity contribution in [1.82, 2.24) is 0 Å². The summed E-state index contributed by atoms with van der Waals surface area (Å²) in [5, 5.41) is 0.984. The maximum absolute atomic E-state index is 14.1. The molecular weight excluding hydrogens is 423 g/mol. The second kappa shape index (κ2) is 7.09. The fourth-order valence-electron chi connectivity index (χ4n) is 1.98. The van der Waals surface area contributed by atoms with Gasteiger partial charge in [-0.05, 0) is 38.8 Å². The highest BCUT2D eigenvalue weighted by molar-refractivity contribution is 9.09. The molecule has 21 heavy (non-hydrogen) atoms. The molecule has 0 aliphatic heterocycles. The number of alkyl halides is 2. The van der Waals surface area contributed by atoms with Gasteiger partial charge in [0.2, 0.25) is 0 Å². The Morgan fingerprint density at radius 2 is 1.62 bits per heavy atom. The molecule has 0 aromatic heterocycles. The molecule has 0 unspecified atom stereocenters. The Morgan fingerprint density at radius 3 is 2.05 bits per heavy atom. The van der Waals surface area contributed by atoms with Crippen LogP contribution in [0.2, 0.25) is 0 Å². The van der Waals surface area contributed by atoms with E-state index in [2.05, 4.69) is 31.9 Å². The highest BCUT2D eigenvalue weighted by atomic mass is 79.9. The van der Waals surface area contributed by atoms with Crippen LogP contribution in [0.15, 0.2) is 24.3 Å². The first kappa shape index (κ1) is 19.1. The van der Waals surface area contributed by atoms with Gasteiger partial charge in [-0.2, -0.15) is 0 Å². The summed E-state index contributed by atoms with van der Waals surface area (Å²) < 4.78 is 38.0. The van der Waals surface area contributed by atoms with E-state index in [1.165, 1.54) is 6.07 Å². The molecule has 0 spiro atoms. The molecule has 0 bridgehead atoms. The summed E-state index contributed by atoms with van der Waals surface area (Å²) in [7, 11) is -3.24. The Bertz CT molecular complexity index is 576. The smallest absolute Gasteiger partial charge is 0.155 e. The average Bonchev–Trinajstić information content (AvgIpc) is 2.41. The second-order valence-corrected chi connectivity index (χ2v) is 10.2. The highest BCUT2D eigenvalue weighted by Crippen LogP contribution is 2.35. The third kappa shape index (κ3) is 4.29. The molecule has 0 heterocycles. The lowest BCUT2D eigenvalue weighted by Gasteiger charge is -2.32. The Labute approximate surface area is 143 Å². The summed E-state index contributed by atoms with van der Waals surface area (Å²) in [6.07, 6.45) is 0.365. The van der Waals surface area contributed by atoms with E-state index >= 15 is 0 Å². The minimum absolute atomic E-state index is 0.0298. The summed E-state index contributed by atoms with van der Waals surface area (Å²) >= 11 is 6.86. The molecule has 0 amide bonds. The van der Waals surface area contributed by atoms with Gasteiger partial charge in [0.1, 0.15) is 5.82 Å². The predicted octanol–water partition coefficient (Wildman–Crippen LogP) is 4.46. The number of hydrogen-bond acceptors (Lipinski definition) is 2. The molecule has 6 heteroatoms. The van der Waals surface area contributed by atoms with Crippen molar-refractivity contribution < 1.29 is 12.8 Å². The Balaban J connectivity index is 3.12. The summed E-state index contributed by atoms with van der Waals surface area (Å²) in [5.41, 5.74) is -0.0354. The van der Waals surface area contributed by atoms with Crippen LogP contribution in [-0.2, 0) is 15.3 Å². The highest BCUT2D eigenvalue weighted by Gasteiger charge is 2.37. The largest absolute Gasteiger partial charge is 0.228 e. The molecule has 0 atom stereocenters. The van der Waals surface area contributed by atoms with Gasteiger partial charge in [-0.25, -0.2) is 12.8 Å². The normalized spacial score (nSPS) is 13.4. The second-order valence-electron chi connectivity index (χ2n) is 6.21. The zero-order chi connectivity index (χ0) is 16.3. The molecule has 0 fully saturated rings. The lowest BCUT2D eigenvalue weighted by molar-refractivity contribution is 0.481. The first-order chi connectivity index (χ1) is 9.59. The average molecular weight is 444 g/mol. The summed E-state index contributed by atoms with van der Waals surface area (Å²) in [4.78, 5) is 0. The fourth-order valence-corrected chi connectivity index (χ4v) is 5.34. The van der Waals surface area contributed by atoms with Gasteiger partial charge < -0.3 is 0 Å². The molecule has 1 aromatic carbocycles. The summed E-state index contributed by atoms with van der Waals surface area (Å²) in [5.74, 6) is -0.272. The van der Waals surface area contributed by atoms with Crippen LogP contribution < -0.4 is 0 Å². The van der Waals surface area contributed by atoms with Gasteiger partial charge in [0.05, 0.1) is 10.5 Å². The molecule has 0 aliphatic rings. The quantitative estimate of drug-likeness (QED) is 0.608. The topological polar surface area (TPSA) is 34.1 Å². The lowest BCUT2D eigenvalue weighted by Crippen LogP contribution is -2.37. The standard InChI is InChI=1S/C15H21Br2FO2S/c1-14(2,3)21(19,20)9-8-15(10-16,11-17)12-6-4-5-7-13(12)18/h4-7H,8-11H2,1-3H3. The van der Waals surface area contributed by atoms with E-state index in [1.807, 2.05) is 0 Å². The van der Waals surface area contributed by atoms with Crippen LogP contribution in [0.25, 0.3) is 0 Å².